The van der Waals surface area contributed by atoms with Crippen LogP contribution in [0.4, 0.5) is 10.7 Å². The van der Waals surface area contributed by atoms with Crippen LogP contribution in [0.3, 0.4) is 0 Å². The molecule has 0 spiro atoms. The van der Waals surface area contributed by atoms with Gasteiger partial charge in [0.2, 0.25) is 5.95 Å². The Morgan fingerprint density at radius 3 is 2.77 bits per heavy atom. The van der Waals surface area contributed by atoms with E-state index < -0.39 is 11.8 Å². The number of nitrogens with zero attached hydrogens (tertiary/aromatic N) is 3. The number of nitrogens with one attached hydrogen (secondary N) is 2. The van der Waals surface area contributed by atoms with E-state index in [4.69, 9.17) is 5.11 Å². The maximum absolute atomic E-state index is 13.2. The first-order valence-electron chi connectivity index (χ1n) is 9.50. The summed E-state index contributed by atoms with van der Waals surface area (Å²) in [7, 11) is 0. The molecule has 4 N–H and O–H groups in total. The number of carboxylic acid groups (broad SMARTS) is 1. The van der Waals surface area contributed by atoms with Crippen LogP contribution < -0.4 is 5.32 Å². The molecular weight excluding hydrogens is 398 g/mol. The van der Waals surface area contributed by atoms with Gasteiger partial charge in [0.25, 0.3) is 5.91 Å². The number of imidazole rings is 1. The summed E-state index contributed by atoms with van der Waals surface area (Å²) in [5.74, 6) is -0.223. The molecule has 0 bridgehead atoms. The van der Waals surface area contributed by atoms with E-state index in [1.165, 1.54) is 4.90 Å². The van der Waals surface area contributed by atoms with Gasteiger partial charge in [0.05, 0.1) is 17.6 Å². The van der Waals surface area contributed by atoms with Gasteiger partial charge < -0.3 is 15.2 Å². The monoisotopic (exact) mass is 415 g/mol. The first-order valence-corrected chi connectivity index (χ1v) is 9.50. The van der Waals surface area contributed by atoms with Gasteiger partial charge in [-0.05, 0) is 29.8 Å². The van der Waals surface area contributed by atoms with E-state index in [1.54, 1.807) is 60.9 Å². The fourth-order valence-electron chi connectivity index (χ4n) is 3.97. The summed E-state index contributed by atoms with van der Waals surface area (Å²) in [6.45, 7) is 0.155. The number of aliphatic hydroxyl groups is 1. The molecule has 0 aliphatic carbocycles. The van der Waals surface area contributed by atoms with Crippen LogP contribution in [0.25, 0.3) is 11.0 Å². The van der Waals surface area contributed by atoms with Crippen LogP contribution in [0.1, 0.15) is 27.0 Å². The molecule has 0 saturated heterocycles. The summed E-state index contributed by atoms with van der Waals surface area (Å²) in [6.07, 6.45) is 2.05. The first-order chi connectivity index (χ1) is 15.0. The van der Waals surface area contributed by atoms with Crippen LogP contribution in [0.15, 0.2) is 67.0 Å². The summed E-state index contributed by atoms with van der Waals surface area (Å²) in [5, 5.41) is 23.0. The zero-order valence-corrected chi connectivity index (χ0v) is 16.1. The number of anilines is 1. The summed E-state index contributed by atoms with van der Waals surface area (Å²) in [6, 6.07) is 15.6. The zero-order chi connectivity index (χ0) is 21.6. The third-order valence-corrected chi connectivity index (χ3v) is 5.34. The van der Waals surface area contributed by atoms with E-state index >= 15 is 0 Å². The van der Waals surface area contributed by atoms with Gasteiger partial charge in [0, 0.05) is 29.1 Å². The number of benzene rings is 2. The van der Waals surface area contributed by atoms with Crippen LogP contribution in [-0.2, 0) is 12.3 Å². The second-order valence-electron chi connectivity index (χ2n) is 7.22. The van der Waals surface area contributed by atoms with Crippen molar-refractivity contribution in [3.05, 3.63) is 89.2 Å². The molecule has 2 aromatic heterocycles. The number of carbonyl (C=O) groups excluding carboxylic acids is 1. The third kappa shape index (κ3) is 2.99. The van der Waals surface area contributed by atoms with Crippen LogP contribution in [0.5, 0.6) is 0 Å². The van der Waals surface area contributed by atoms with Crippen LogP contribution >= 0.6 is 0 Å². The quantitative estimate of drug-likeness (QED) is 0.405. The predicted molar refractivity (Wildman–Crippen MR) is 111 cm³/mol. The number of hydrogen-bond acceptors (Lipinski definition) is 5. The number of aromatic amines is 1. The highest BCUT2D eigenvalue weighted by Gasteiger charge is 2.49. The van der Waals surface area contributed by atoms with Gasteiger partial charge in [0.15, 0.2) is 5.72 Å². The minimum atomic E-state index is -1.73. The maximum atomic E-state index is 13.2. The van der Waals surface area contributed by atoms with Crippen molar-refractivity contribution in [1.82, 2.24) is 19.9 Å². The van der Waals surface area contributed by atoms with E-state index in [-0.39, 0.29) is 18.4 Å². The van der Waals surface area contributed by atoms with Gasteiger partial charge in [0.1, 0.15) is 0 Å². The molecule has 1 aliphatic heterocycles. The second-order valence-corrected chi connectivity index (χ2v) is 7.22. The van der Waals surface area contributed by atoms with E-state index in [2.05, 4.69) is 20.3 Å². The fourth-order valence-corrected chi connectivity index (χ4v) is 3.97. The number of aromatic nitrogens is 3. The van der Waals surface area contributed by atoms with E-state index in [1.807, 2.05) is 6.07 Å². The molecule has 3 heterocycles. The Balaban J connectivity index is 1.64. The van der Waals surface area contributed by atoms with E-state index in [0.717, 1.165) is 5.56 Å². The molecule has 9 nitrogen and oxygen atoms in total. The molecule has 2 aromatic carbocycles. The van der Waals surface area contributed by atoms with Crippen molar-refractivity contribution < 1.29 is 19.8 Å². The number of pyridine rings is 1. The molecule has 2 amide bonds. The number of fused-ring (bicyclic) bond motifs is 2. The molecule has 0 fully saturated rings. The van der Waals surface area contributed by atoms with Gasteiger partial charge in [-0.1, -0.05) is 30.3 Å². The van der Waals surface area contributed by atoms with Crippen molar-refractivity contribution in [2.24, 2.45) is 0 Å². The molecule has 9 heteroatoms. The van der Waals surface area contributed by atoms with Crippen molar-refractivity contribution >= 4 is 29.0 Å². The summed E-state index contributed by atoms with van der Waals surface area (Å²) < 4.78 is 0. The standard InChI is InChI=1S/C22H17N5O4/c28-19-15-5-1-2-6-16(15)22(31,27(19)12-13-4-3-9-23-11-13)14-7-8-17-18(10-14)25-20(24-17)26-21(29)30/h1-11,31H,12H2,(H,29,30)(H2,24,25,26). The van der Waals surface area contributed by atoms with E-state index in [0.29, 0.717) is 27.7 Å². The molecule has 5 rings (SSSR count). The normalized spacial score (nSPS) is 17.7. The number of hydrogen-bond donors (Lipinski definition) is 4. The van der Waals surface area contributed by atoms with Crippen molar-refractivity contribution in [3.63, 3.8) is 0 Å². The molecule has 1 unspecified atom stereocenters. The summed E-state index contributed by atoms with van der Waals surface area (Å²) in [4.78, 5) is 36.7. The average Bonchev–Trinajstić information content (AvgIpc) is 3.26. The number of H-pyrrole nitrogens is 1. The number of rotatable bonds is 4. The lowest BCUT2D eigenvalue weighted by Crippen LogP contribution is -2.44. The smallest absolute Gasteiger partial charge is 0.411 e. The Bertz CT molecular complexity index is 1320. The maximum Gasteiger partial charge on any atom is 0.411 e. The van der Waals surface area contributed by atoms with Crippen LogP contribution in [0, 0.1) is 0 Å². The molecule has 1 atom stereocenters. The lowest BCUT2D eigenvalue weighted by molar-refractivity contribution is -0.0542. The van der Waals surface area contributed by atoms with E-state index in [9.17, 15) is 14.7 Å². The Morgan fingerprint density at radius 2 is 2.00 bits per heavy atom. The highest BCUT2D eigenvalue weighted by Crippen LogP contribution is 2.43. The lowest BCUT2D eigenvalue weighted by atomic mass is 9.93. The Hall–Kier alpha value is -4.24. The Kier molecular flexibility index (Phi) is 4.19. The molecule has 154 valence electrons. The molecule has 31 heavy (non-hydrogen) atoms. The van der Waals surface area contributed by atoms with Crippen molar-refractivity contribution in [2.75, 3.05) is 5.32 Å². The second kappa shape index (κ2) is 6.92. The third-order valence-electron chi connectivity index (χ3n) is 5.34. The van der Waals surface area contributed by atoms with Crippen molar-refractivity contribution in [3.8, 4) is 0 Å². The number of carbonyl (C=O) groups is 2. The average molecular weight is 415 g/mol. The minimum Gasteiger partial charge on any atom is -0.465 e. The lowest BCUT2D eigenvalue weighted by Gasteiger charge is -2.35. The molecule has 0 saturated carbocycles. The molecular formula is C22H17N5O4. The number of amides is 2. The zero-order valence-electron chi connectivity index (χ0n) is 16.1. The molecule has 4 aromatic rings. The van der Waals surface area contributed by atoms with Gasteiger partial charge in [-0.25, -0.2) is 9.78 Å². The van der Waals surface area contributed by atoms with Crippen molar-refractivity contribution in [1.29, 1.82) is 0 Å². The summed E-state index contributed by atoms with van der Waals surface area (Å²) >= 11 is 0. The van der Waals surface area contributed by atoms with Gasteiger partial charge >= 0.3 is 6.09 Å². The fraction of sp³-hybridized carbons (Fsp3) is 0.0909. The first kappa shape index (κ1) is 18.8. The van der Waals surface area contributed by atoms with Crippen molar-refractivity contribution in [2.45, 2.75) is 12.3 Å². The molecule has 1 aliphatic rings. The highest BCUT2D eigenvalue weighted by atomic mass is 16.4. The molecule has 0 radical (unpaired) electrons. The summed E-state index contributed by atoms with van der Waals surface area (Å²) in [5.41, 5.74) is 1.43. The van der Waals surface area contributed by atoms with Crippen LogP contribution in [0.2, 0.25) is 0 Å². The Morgan fingerprint density at radius 1 is 1.16 bits per heavy atom. The topological polar surface area (TPSA) is 131 Å². The largest absolute Gasteiger partial charge is 0.465 e. The highest BCUT2D eigenvalue weighted by molar-refractivity contribution is 6.00. The van der Waals surface area contributed by atoms with Gasteiger partial charge in [-0.3, -0.25) is 20.0 Å². The predicted octanol–water partition coefficient (Wildman–Crippen LogP) is 2.90. The van der Waals surface area contributed by atoms with Gasteiger partial charge in [-0.15, -0.1) is 0 Å². The van der Waals surface area contributed by atoms with Gasteiger partial charge in [-0.2, -0.15) is 0 Å². The Labute approximate surface area is 176 Å². The minimum absolute atomic E-state index is 0.0711. The SMILES string of the molecule is O=C(O)Nc1nc2cc(C3(O)c4ccccc4C(=O)N3Cc3cccnc3)ccc2[nH]1. The van der Waals surface area contributed by atoms with Crippen LogP contribution in [-0.4, -0.2) is 42.1 Å².